The fourth-order valence-electron chi connectivity index (χ4n) is 3.04. The molecule has 0 bridgehead atoms. The van der Waals surface area contributed by atoms with Crippen LogP contribution in [0.4, 0.5) is 0 Å². The molecule has 1 unspecified atom stereocenters. The van der Waals surface area contributed by atoms with Crippen LogP contribution in [0.3, 0.4) is 0 Å². The van der Waals surface area contributed by atoms with Crippen molar-refractivity contribution in [2.75, 3.05) is 0 Å². The van der Waals surface area contributed by atoms with Crippen molar-refractivity contribution in [2.24, 2.45) is 23.0 Å². The van der Waals surface area contributed by atoms with Crippen molar-refractivity contribution in [1.29, 1.82) is 0 Å². The van der Waals surface area contributed by atoms with E-state index in [1.807, 2.05) is 6.92 Å². The zero-order valence-corrected chi connectivity index (χ0v) is 12.5. The monoisotopic (exact) mass is 241 g/mol. The average Bonchev–Trinajstić information content (AvgIpc) is 2.16. The Morgan fingerprint density at radius 2 is 1.53 bits per heavy atom. The van der Waals surface area contributed by atoms with Gasteiger partial charge in [0.25, 0.3) is 0 Å². The first-order chi connectivity index (χ1) is 7.51. The van der Waals surface area contributed by atoms with Crippen molar-refractivity contribution < 1.29 is 5.11 Å². The summed E-state index contributed by atoms with van der Waals surface area (Å²) >= 11 is 0. The fraction of sp³-hybridized carbons (Fsp3) is 1.00. The molecular weight excluding hydrogens is 210 g/mol. The van der Waals surface area contributed by atoms with Gasteiger partial charge in [-0.2, -0.15) is 0 Å². The Labute approximate surface area is 107 Å². The normalized spacial score (nSPS) is 34.8. The van der Waals surface area contributed by atoms with Crippen molar-refractivity contribution in [1.82, 2.24) is 0 Å². The van der Waals surface area contributed by atoms with Crippen LogP contribution < -0.4 is 5.73 Å². The summed E-state index contributed by atoms with van der Waals surface area (Å²) in [5.41, 5.74) is 5.57. The predicted octanol–water partition coefficient (Wildman–Crippen LogP) is 3.33. The summed E-state index contributed by atoms with van der Waals surface area (Å²) < 4.78 is 0. The molecule has 0 aromatic heterocycles. The molecule has 1 saturated carbocycles. The highest BCUT2D eigenvalue weighted by molar-refractivity contribution is 5.05. The molecule has 0 aromatic rings. The molecule has 2 heteroatoms. The van der Waals surface area contributed by atoms with E-state index in [2.05, 4.69) is 34.6 Å². The van der Waals surface area contributed by atoms with Gasteiger partial charge in [0.15, 0.2) is 0 Å². The van der Waals surface area contributed by atoms with Crippen LogP contribution in [-0.2, 0) is 0 Å². The van der Waals surface area contributed by atoms with E-state index in [9.17, 15) is 5.11 Å². The molecule has 1 atom stereocenters. The van der Waals surface area contributed by atoms with Crippen molar-refractivity contribution in [3.8, 4) is 0 Å². The van der Waals surface area contributed by atoms with Gasteiger partial charge in [0.2, 0.25) is 0 Å². The lowest BCUT2D eigenvalue weighted by Gasteiger charge is -2.50. The van der Waals surface area contributed by atoms with Crippen LogP contribution in [0.1, 0.15) is 67.2 Å². The first kappa shape index (κ1) is 15.0. The Kier molecular flexibility index (Phi) is 4.01. The van der Waals surface area contributed by atoms with E-state index in [0.717, 1.165) is 25.7 Å². The third kappa shape index (κ3) is 2.85. The van der Waals surface area contributed by atoms with Crippen LogP contribution in [0.15, 0.2) is 0 Å². The topological polar surface area (TPSA) is 46.2 Å². The molecule has 1 aliphatic rings. The van der Waals surface area contributed by atoms with E-state index in [-0.39, 0.29) is 0 Å². The van der Waals surface area contributed by atoms with Crippen LogP contribution in [0.2, 0.25) is 0 Å². The van der Waals surface area contributed by atoms with Crippen molar-refractivity contribution >= 4 is 0 Å². The van der Waals surface area contributed by atoms with Gasteiger partial charge >= 0.3 is 0 Å². The lowest BCUT2D eigenvalue weighted by Crippen LogP contribution is -2.63. The minimum atomic E-state index is -0.678. The Morgan fingerprint density at radius 1 is 1.12 bits per heavy atom. The molecule has 3 N–H and O–H groups in total. The van der Waals surface area contributed by atoms with Gasteiger partial charge in [0, 0.05) is 5.54 Å². The van der Waals surface area contributed by atoms with Crippen LogP contribution in [0, 0.1) is 17.3 Å². The number of aliphatic hydroxyl groups is 1. The molecule has 0 aliphatic heterocycles. The molecule has 1 aliphatic carbocycles. The Morgan fingerprint density at radius 3 is 1.82 bits per heavy atom. The summed E-state index contributed by atoms with van der Waals surface area (Å²) in [5.74, 6) is 1.02. The SMILES string of the molecule is CC(C)C(C)(N)C1(O)CCC(C(C)(C)C)CC1. The Balaban J connectivity index is 2.74. The first-order valence-corrected chi connectivity index (χ1v) is 7.02. The van der Waals surface area contributed by atoms with Gasteiger partial charge in [0.05, 0.1) is 5.60 Å². The second-order valence-electron chi connectivity index (χ2n) is 7.61. The van der Waals surface area contributed by atoms with E-state index in [1.54, 1.807) is 0 Å². The van der Waals surface area contributed by atoms with E-state index in [0.29, 0.717) is 17.3 Å². The standard InChI is InChI=1S/C15H31NO/c1-11(2)14(6,16)15(17)9-7-12(8-10-15)13(3,4)5/h11-12,17H,7-10,16H2,1-6H3. The zero-order chi connectivity index (χ0) is 13.5. The second kappa shape index (κ2) is 4.55. The minimum Gasteiger partial charge on any atom is -0.388 e. The molecule has 0 amide bonds. The summed E-state index contributed by atoms with van der Waals surface area (Å²) in [5, 5.41) is 10.8. The summed E-state index contributed by atoms with van der Waals surface area (Å²) in [7, 11) is 0. The van der Waals surface area contributed by atoms with Crippen LogP contribution in [-0.4, -0.2) is 16.2 Å². The average molecular weight is 241 g/mol. The quantitative estimate of drug-likeness (QED) is 0.779. The van der Waals surface area contributed by atoms with Crippen molar-refractivity contribution in [3.05, 3.63) is 0 Å². The third-order valence-corrected chi connectivity index (χ3v) is 5.24. The zero-order valence-electron chi connectivity index (χ0n) is 12.5. The summed E-state index contributed by atoms with van der Waals surface area (Å²) in [6.07, 6.45) is 3.89. The van der Waals surface area contributed by atoms with Gasteiger partial charge in [0.1, 0.15) is 0 Å². The van der Waals surface area contributed by atoms with Gasteiger partial charge in [-0.3, -0.25) is 0 Å². The van der Waals surface area contributed by atoms with Gasteiger partial charge in [-0.15, -0.1) is 0 Å². The molecule has 0 spiro atoms. The molecule has 1 fully saturated rings. The molecule has 17 heavy (non-hydrogen) atoms. The van der Waals surface area contributed by atoms with Gasteiger partial charge in [-0.05, 0) is 49.9 Å². The molecule has 0 aromatic carbocycles. The van der Waals surface area contributed by atoms with E-state index < -0.39 is 11.1 Å². The molecule has 102 valence electrons. The molecule has 1 rings (SSSR count). The highest BCUT2D eigenvalue weighted by Crippen LogP contribution is 2.46. The highest BCUT2D eigenvalue weighted by atomic mass is 16.3. The predicted molar refractivity (Wildman–Crippen MR) is 73.8 cm³/mol. The number of hydrogen-bond donors (Lipinski definition) is 2. The minimum absolute atomic E-state index is 0.304. The third-order valence-electron chi connectivity index (χ3n) is 5.24. The summed E-state index contributed by atoms with van der Waals surface area (Å²) in [6.45, 7) is 13.1. The lowest BCUT2D eigenvalue weighted by atomic mass is 9.61. The van der Waals surface area contributed by atoms with Crippen LogP contribution >= 0.6 is 0 Å². The summed E-state index contributed by atoms with van der Waals surface area (Å²) in [4.78, 5) is 0. The van der Waals surface area contributed by atoms with Crippen molar-refractivity contribution in [3.63, 3.8) is 0 Å². The smallest absolute Gasteiger partial charge is 0.0826 e. The second-order valence-corrected chi connectivity index (χ2v) is 7.61. The van der Waals surface area contributed by atoms with Crippen LogP contribution in [0.5, 0.6) is 0 Å². The lowest BCUT2D eigenvalue weighted by molar-refractivity contribution is -0.0916. The number of nitrogens with two attached hydrogens (primary N) is 1. The number of hydrogen-bond acceptors (Lipinski definition) is 2. The van der Waals surface area contributed by atoms with Crippen molar-refractivity contribution in [2.45, 2.75) is 78.4 Å². The first-order valence-electron chi connectivity index (χ1n) is 7.02. The molecular formula is C15H31NO. The Hall–Kier alpha value is -0.0800. The molecule has 0 saturated heterocycles. The van der Waals surface area contributed by atoms with Crippen LogP contribution in [0.25, 0.3) is 0 Å². The van der Waals surface area contributed by atoms with Gasteiger partial charge < -0.3 is 10.8 Å². The highest BCUT2D eigenvalue weighted by Gasteiger charge is 2.48. The fourth-order valence-corrected chi connectivity index (χ4v) is 3.04. The number of rotatable bonds is 2. The maximum Gasteiger partial charge on any atom is 0.0826 e. The van der Waals surface area contributed by atoms with E-state index in [4.69, 9.17) is 5.73 Å². The maximum absolute atomic E-state index is 10.8. The Bertz CT molecular complexity index is 255. The van der Waals surface area contributed by atoms with E-state index >= 15 is 0 Å². The van der Waals surface area contributed by atoms with E-state index in [1.165, 1.54) is 0 Å². The van der Waals surface area contributed by atoms with Gasteiger partial charge in [-0.1, -0.05) is 34.6 Å². The molecule has 0 radical (unpaired) electrons. The molecule has 0 heterocycles. The summed E-state index contributed by atoms with van der Waals surface area (Å²) in [6, 6.07) is 0. The van der Waals surface area contributed by atoms with Gasteiger partial charge in [-0.25, -0.2) is 0 Å². The maximum atomic E-state index is 10.8. The largest absolute Gasteiger partial charge is 0.388 e. The molecule has 2 nitrogen and oxygen atoms in total.